The third-order valence-electron chi connectivity index (χ3n) is 2.39. The van der Waals surface area contributed by atoms with Crippen molar-refractivity contribution >= 4 is 19.7 Å². The molecule has 1 aromatic rings. The van der Waals surface area contributed by atoms with E-state index in [1.807, 2.05) is 20.8 Å². The van der Waals surface area contributed by atoms with E-state index in [0.717, 1.165) is 18.4 Å². The molecular weight excluding hydrogens is 260 g/mol. The maximum absolute atomic E-state index is 11.4. The molecule has 3 nitrogen and oxygen atoms in total. The summed E-state index contributed by atoms with van der Waals surface area (Å²) in [4.78, 5) is 0.0436. The van der Waals surface area contributed by atoms with Crippen LogP contribution in [0.15, 0.2) is 23.1 Å². The van der Waals surface area contributed by atoms with E-state index >= 15 is 0 Å². The third-order valence-corrected chi connectivity index (χ3v) is 3.73. The lowest BCUT2D eigenvalue weighted by atomic mass is 10.2. The standard InChI is InChI=1S/C12H17ClO3S/c1-4-5-10(3)16-11-7-6-9(2)8-12(11)17(13,14)15/h6-8,10H,4-5H2,1-3H3. The molecule has 0 spiro atoms. The van der Waals surface area contributed by atoms with Gasteiger partial charge in [-0.3, -0.25) is 0 Å². The van der Waals surface area contributed by atoms with Crippen LogP contribution >= 0.6 is 10.7 Å². The summed E-state index contributed by atoms with van der Waals surface area (Å²) in [6.45, 7) is 5.77. The summed E-state index contributed by atoms with van der Waals surface area (Å²) in [5, 5.41) is 0. The van der Waals surface area contributed by atoms with Crippen molar-refractivity contribution in [1.82, 2.24) is 0 Å². The Bertz CT molecular complexity index is 483. The Morgan fingerprint density at radius 1 is 1.41 bits per heavy atom. The first-order chi connectivity index (χ1) is 7.84. The van der Waals surface area contributed by atoms with Crippen LogP contribution in [0.5, 0.6) is 5.75 Å². The average molecular weight is 277 g/mol. The lowest BCUT2D eigenvalue weighted by Crippen LogP contribution is -2.12. The fourth-order valence-corrected chi connectivity index (χ4v) is 2.63. The molecule has 0 radical (unpaired) electrons. The molecule has 17 heavy (non-hydrogen) atoms. The summed E-state index contributed by atoms with van der Waals surface area (Å²) < 4.78 is 28.5. The molecule has 0 N–H and O–H groups in total. The smallest absolute Gasteiger partial charge is 0.264 e. The average Bonchev–Trinajstić information content (AvgIpc) is 2.19. The van der Waals surface area contributed by atoms with Gasteiger partial charge in [0.2, 0.25) is 0 Å². The van der Waals surface area contributed by atoms with Crippen molar-refractivity contribution in [3.8, 4) is 5.75 Å². The van der Waals surface area contributed by atoms with Gasteiger partial charge < -0.3 is 4.74 Å². The summed E-state index contributed by atoms with van der Waals surface area (Å²) in [6.07, 6.45) is 1.82. The minimum atomic E-state index is -3.77. The largest absolute Gasteiger partial charge is 0.489 e. The van der Waals surface area contributed by atoms with Crippen molar-refractivity contribution in [2.24, 2.45) is 0 Å². The normalized spacial score (nSPS) is 13.4. The van der Waals surface area contributed by atoms with Gasteiger partial charge in [0.1, 0.15) is 10.6 Å². The van der Waals surface area contributed by atoms with Crippen LogP contribution in [0.3, 0.4) is 0 Å². The zero-order valence-corrected chi connectivity index (χ0v) is 11.8. The first kappa shape index (κ1) is 14.3. The fraction of sp³-hybridized carbons (Fsp3) is 0.500. The van der Waals surface area contributed by atoms with Gasteiger partial charge in [0.05, 0.1) is 6.10 Å². The number of benzene rings is 1. The number of aryl methyl sites for hydroxylation is 1. The number of hydrogen-bond donors (Lipinski definition) is 0. The van der Waals surface area contributed by atoms with Gasteiger partial charge in [0.25, 0.3) is 9.05 Å². The Labute approximate surface area is 107 Å². The minimum absolute atomic E-state index is 0.0279. The minimum Gasteiger partial charge on any atom is -0.489 e. The molecule has 0 heterocycles. The highest BCUT2D eigenvalue weighted by Gasteiger charge is 2.18. The second-order valence-corrected chi connectivity index (χ2v) is 6.64. The Hall–Kier alpha value is -0.740. The topological polar surface area (TPSA) is 43.4 Å². The van der Waals surface area contributed by atoms with Gasteiger partial charge in [-0.05, 0) is 38.0 Å². The van der Waals surface area contributed by atoms with Crippen molar-refractivity contribution in [1.29, 1.82) is 0 Å². The summed E-state index contributed by atoms with van der Waals surface area (Å²) >= 11 is 0. The van der Waals surface area contributed by atoms with Gasteiger partial charge in [-0.2, -0.15) is 0 Å². The van der Waals surface area contributed by atoms with Gasteiger partial charge in [-0.1, -0.05) is 19.4 Å². The first-order valence-electron chi connectivity index (χ1n) is 5.56. The van der Waals surface area contributed by atoms with E-state index in [1.165, 1.54) is 6.07 Å². The number of ether oxygens (including phenoxy) is 1. The van der Waals surface area contributed by atoms with Crippen molar-refractivity contribution in [2.45, 2.75) is 44.6 Å². The van der Waals surface area contributed by atoms with Crippen LogP contribution in [0, 0.1) is 6.92 Å². The van der Waals surface area contributed by atoms with Gasteiger partial charge in [-0.15, -0.1) is 0 Å². The van der Waals surface area contributed by atoms with E-state index < -0.39 is 9.05 Å². The molecule has 0 saturated heterocycles. The van der Waals surface area contributed by atoms with Crippen molar-refractivity contribution < 1.29 is 13.2 Å². The van der Waals surface area contributed by atoms with Crippen LogP contribution in [-0.4, -0.2) is 14.5 Å². The molecule has 1 atom stereocenters. The molecule has 0 amide bonds. The maximum atomic E-state index is 11.4. The highest BCUT2D eigenvalue weighted by Crippen LogP contribution is 2.29. The van der Waals surface area contributed by atoms with Crippen molar-refractivity contribution in [3.63, 3.8) is 0 Å². The highest BCUT2D eigenvalue weighted by molar-refractivity contribution is 8.13. The van der Waals surface area contributed by atoms with Crippen LogP contribution in [0.4, 0.5) is 0 Å². The molecule has 1 rings (SSSR count). The predicted molar refractivity (Wildman–Crippen MR) is 69.2 cm³/mol. The van der Waals surface area contributed by atoms with Crippen molar-refractivity contribution in [3.05, 3.63) is 23.8 Å². The van der Waals surface area contributed by atoms with E-state index in [2.05, 4.69) is 0 Å². The van der Waals surface area contributed by atoms with Crippen LogP contribution in [0.25, 0.3) is 0 Å². The molecule has 0 aliphatic heterocycles. The molecular formula is C12H17ClO3S. The molecule has 1 unspecified atom stereocenters. The highest BCUT2D eigenvalue weighted by atomic mass is 35.7. The van der Waals surface area contributed by atoms with E-state index in [1.54, 1.807) is 12.1 Å². The van der Waals surface area contributed by atoms with E-state index in [0.29, 0.717) is 5.75 Å². The van der Waals surface area contributed by atoms with E-state index in [-0.39, 0.29) is 11.0 Å². The summed E-state index contributed by atoms with van der Waals surface area (Å²) in [5.74, 6) is 0.326. The lowest BCUT2D eigenvalue weighted by Gasteiger charge is -2.16. The van der Waals surface area contributed by atoms with Gasteiger partial charge in [-0.25, -0.2) is 8.42 Å². The first-order valence-corrected chi connectivity index (χ1v) is 7.87. The summed E-state index contributed by atoms with van der Waals surface area (Å²) in [6, 6.07) is 4.98. The fourth-order valence-electron chi connectivity index (χ4n) is 1.59. The van der Waals surface area contributed by atoms with E-state index in [4.69, 9.17) is 15.4 Å². The van der Waals surface area contributed by atoms with Crippen LogP contribution in [-0.2, 0) is 9.05 Å². The monoisotopic (exact) mass is 276 g/mol. The Morgan fingerprint density at radius 3 is 2.59 bits per heavy atom. The van der Waals surface area contributed by atoms with Gasteiger partial charge >= 0.3 is 0 Å². The molecule has 0 aromatic heterocycles. The van der Waals surface area contributed by atoms with Gasteiger partial charge in [0, 0.05) is 10.7 Å². The Balaban J connectivity index is 3.07. The SMILES string of the molecule is CCCC(C)Oc1ccc(C)cc1S(=O)(=O)Cl. The third kappa shape index (κ3) is 4.21. The number of hydrogen-bond acceptors (Lipinski definition) is 3. The zero-order valence-electron chi connectivity index (χ0n) is 10.2. The van der Waals surface area contributed by atoms with Crippen LogP contribution in [0.1, 0.15) is 32.3 Å². The summed E-state index contributed by atoms with van der Waals surface area (Å²) in [5.41, 5.74) is 0.833. The van der Waals surface area contributed by atoms with Crippen molar-refractivity contribution in [2.75, 3.05) is 0 Å². The summed E-state index contributed by atoms with van der Waals surface area (Å²) in [7, 11) is 1.62. The number of halogens is 1. The molecule has 1 aromatic carbocycles. The quantitative estimate of drug-likeness (QED) is 0.773. The molecule has 0 aliphatic rings. The molecule has 0 saturated carbocycles. The zero-order chi connectivity index (χ0) is 13.1. The second kappa shape index (κ2) is 5.74. The van der Waals surface area contributed by atoms with Crippen LogP contribution in [0.2, 0.25) is 0 Å². The second-order valence-electron chi connectivity index (χ2n) is 4.11. The predicted octanol–water partition coefficient (Wildman–Crippen LogP) is 3.49. The Kier molecular flexibility index (Phi) is 4.83. The van der Waals surface area contributed by atoms with E-state index in [9.17, 15) is 8.42 Å². The molecule has 5 heteroatoms. The van der Waals surface area contributed by atoms with Crippen LogP contribution < -0.4 is 4.74 Å². The number of rotatable bonds is 5. The lowest BCUT2D eigenvalue weighted by molar-refractivity contribution is 0.204. The molecule has 0 aliphatic carbocycles. The molecule has 0 bridgehead atoms. The Morgan fingerprint density at radius 2 is 2.06 bits per heavy atom. The maximum Gasteiger partial charge on any atom is 0.264 e. The van der Waals surface area contributed by atoms with Gasteiger partial charge in [0.15, 0.2) is 0 Å². The molecule has 0 fully saturated rings. The molecule has 96 valence electrons.